The molecule has 2 aliphatic rings. The predicted octanol–water partition coefficient (Wildman–Crippen LogP) is -7.51. The van der Waals surface area contributed by atoms with E-state index in [0.29, 0.717) is 0 Å². The summed E-state index contributed by atoms with van der Waals surface area (Å²) in [6.45, 7) is 0.0919. The van der Waals surface area contributed by atoms with Crippen LogP contribution < -0.4 is 16.0 Å². The Kier molecular flexibility index (Phi) is 14.5. The summed E-state index contributed by atoms with van der Waals surface area (Å²) in [6.07, 6.45) is -18.4. The van der Waals surface area contributed by atoms with Crippen molar-refractivity contribution in [2.45, 2.75) is 106 Å². The topological polar surface area (TPSA) is 306 Å². The molecule has 12 N–H and O–H groups in total. The lowest BCUT2D eigenvalue weighted by Crippen LogP contribution is -2.67. The molecule has 0 aromatic carbocycles. The van der Waals surface area contributed by atoms with Crippen molar-refractivity contribution in [2.24, 2.45) is 0 Å². The minimum absolute atomic E-state index is 0.638. The van der Waals surface area contributed by atoms with E-state index >= 15 is 0 Å². The zero-order valence-corrected chi connectivity index (χ0v) is 23.8. The van der Waals surface area contributed by atoms with Crippen molar-refractivity contribution in [2.75, 3.05) is 26.4 Å². The van der Waals surface area contributed by atoms with E-state index in [4.69, 9.17) is 18.9 Å². The van der Waals surface area contributed by atoms with Crippen LogP contribution in [0.1, 0.15) is 20.8 Å². The van der Waals surface area contributed by atoms with Crippen LogP contribution in [-0.4, -0.2) is 176 Å². The average Bonchev–Trinajstić information content (AvgIpc) is 2.95. The molecule has 2 aliphatic heterocycles. The fourth-order valence-corrected chi connectivity index (χ4v) is 4.77. The number of hydrogen-bond donors (Lipinski definition) is 12. The van der Waals surface area contributed by atoms with Crippen molar-refractivity contribution in [3.05, 3.63) is 0 Å². The van der Waals surface area contributed by atoms with Gasteiger partial charge in [-0.25, -0.2) is 0 Å². The smallest absolute Gasteiger partial charge is 0.217 e. The van der Waals surface area contributed by atoms with Gasteiger partial charge in [-0.2, -0.15) is 0 Å². The van der Waals surface area contributed by atoms with Gasteiger partial charge in [-0.1, -0.05) is 0 Å². The highest BCUT2D eigenvalue weighted by Gasteiger charge is 2.49. The first kappa shape index (κ1) is 37.1. The molecule has 0 saturated carbocycles. The van der Waals surface area contributed by atoms with Gasteiger partial charge in [0, 0.05) is 20.8 Å². The lowest BCUT2D eigenvalue weighted by molar-refractivity contribution is -0.300. The standard InChI is InChI=1S/C24H43N3O16/c1-8(31)25-11(4-28)22(43-24-16(27-10(3)33)21(39)19(37)14(6-30)42-24)17(35)12(34)7-40-23-15(26-9(2)32)20(38)18(36)13(5-29)41-23/h11-24,28-30,34-39H,4-7H2,1-3H3,(H,25,31)(H,26,32)(H,27,33)/t11-,12+,13+,14+,15+,16+,17-,18+,19+,20+,21+,22+,23+,24-/m0/s1. The molecule has 2 rings (SSSR count). The van der Waals surface area contributed by atoms with Gasteiger partial charge in [-0.05, 0) is 0 Å². The van der Waals surface area contributed by atoms with Gasteiger partial charge in [0.25, 0.3) is 0 Å². The number of amides is 3. The third-order valence-electron chi connectivity index (χ3n) is 6.94. The second kappa shape index (κ2) is 16.8. The van der Waals surface area contributed by atoms with E-state index in [1.54, 1.807) is 0 Å². The Balaban J connectivity index is 2.31. The number of aliphatic hydroxyl groups excluding tert-OH is 9. The number of carbonyl (C=O) groups is 3. The zero-order valence-electron chi connectivity index (χ0n) is 23.8. The highest BCUT2D eigenvalue weighted by Crippen LogP contribution is 2.26. The van der Waals surface area contributed by atoms with Crippen LogP contribution in [0.25, 0.3) is 0 Å². The van der Waals surface area contributed by atoms with Crippen molar-refractivity contribution >= 4 is 17.7 Å². The molecule has 3 amide bonds. The fourth-order valence-electron chi connectivity index (χ4n) is 4.77. The summed E-state index contributed by atoms with van der Waals surface area (Å²) in [4.78, 5) is 35.3. The maximum atomic E-state index is 11.8. The van der Waals surface area contributed by atoms with Crippen LogP contribution in [0, 0.1) is 0 Å². The van der Waals surface area contributed by atoms with E-state index in [2.05, 4.69) is 16.0 Å². The number of rotatable bonds is 14. The quantitative estimate of drug-likeness (QED) is 0.0849. The molecule has 0 spiro atoms. The van der Waals surface area contributed by atoms with Crippen molar-refractivity contribution in [3.63, 3.8) is 0 Å². The van der Waals surface area contributed by atoms with Gasteiger partial charge in [0.1, 0.15) is 67.0 Å². The number of hydrogen-bond acceptors (Lipinski definition) is 16. The van der Waals surface area contributed by atoms with E-state index in [9.17, 15) is 60.3 Å². The molecule has 19 heteroatoms. The molecule has 2 saturated heterocycles. The van der Waals surface area contributed by atoms with E-state index in [1.807, 2.05) is 0 Å². The van der Waals surface area contributed by atoms with Crippen molar-refractivity contribution in [1.82, 2.24) is 16.0 Å². The third kappa shape index (κ3) is 9.69. The van der Waals surface area contributed by atoms with Crippen LogP contribution in [0.2, 0.25) is 0 Å². The van der Waals surface area contributed by atoms with Gasteiger partial charge >= 0.3 is 0 Å². The van der Waals surface area contributed by atoms with Crippen LogP contribution in [0.3, 0.4) is 0 Å². The summed E-state index contributed by atoms with van der Waals surface area (Å²) in [7, 11) is 0. The molecule has 43 heavy (non-hydrogen) atoms. The molecule has 2 heterocycles. The number of carbonyl (C=O) groups excluding carboxylic acids is 3. The van der Waals surface area contributed by atoms with Crippen molar-refractivity contribution in [1.29, 1.82) is 0 Å². The molecule has 19 nitrogen and oxygen atoms in total. The molecule has 0 unspecified atom stereocenters. The second-order valence-electron chi connectivity index (χ2n) is 10.3. The Morgan fingerprint density at radius 2 is 1.21 bits per heavy atom. The van der Waals surface area contributed by atoms with Crippen LogP contribution in [0.4, 0.5) is 0 Å². The maximum absolute atomic E-state index is 11.8. The van der Waals surface area contributed by atoms with Crippen LogP contribution >= 0.6 is 0 Å². The highest BCUT2D eigenvalue weighted by molar-refractivity contribution is 5.74. The first-order valence-corrected chi connectivity index (χ1v) is 13.5. The molecule has 14 atom stereocenters. The van der Waals surface area contributed by atoms with Crippen LogP contribution in [-0.2, 0) is 33.3 Å². The van der Waals surface area contributed by atoms with Gasteiger partial charge in [0.2, 0.25) is 17.7 Å². The van der Waals surface area contributed by atoms with Crippen LogP contribution in [0.15, 0.2) is 0 Å². The SMILES string of the molecule is CC(=O)N[C@H]1[C@H](OC[C@@H](O)[C@H](O)[C@H](O[C@@H]2O[C@H](CO)[C@@H](O)[C@H](O)[C@H]2NC(C)=O)[C@H](CO)NC(C)=O)O[C@H](CO)[C@@H](O)[C@@H]1O. The summed E-state index contributed by atoms with van der Waals surface area (Å²) < 4.78 is 22.1. The maximum Gasteiger partial charge on any atom is 0.217 e. The molecule has 0 aliphatic carbocycles. The minimum Gasteiger partial charge on any atom is -0.394 e. The van der Waals surface area contributed by atoms with Crippen molar-refractivity contribution in [3.8, 4) is 0 Å². The summed E-state index contributed by atoms with van der Waals surface area (Å²) in [5, 5.41) is 99.4. The van der Waals surface area contributed by atoms with Gasteiger partial charge in [0.05, 0.1) is 32.5 Å². The van der Waals surface area contributed by atoms with Gasteiger partial charge in [-0.15, -0.1) is 0 Å². The Morgan fingerprint density at radius 1 is 0.744 bits per heavy atom. The minimum atomic E-state index is -2.03. The third-order valence-corrected chi connectivity index (χ3v) is 6.94. The highest BCUT2D eigenvalue weighted by atomic mass is 16.7. The second-order valence-corrected chi connectivity index (χ2v) is 10.3. The molecule has 2 fully saturated rings. The summed E-state index contributed by atoms with van der Waals surface area (Å²) in [5.41, 5.74) is 0. The van der Waals surface area contributed by atoms with E-state index < -0.39 is 130 Å². The molecule has 0 bridgehead atoms. The van der Waals surface area contributed by atoms with Gasteiger partial charge < -0.3 is 80.9 Å². The predicted molar refractivity (Wildman–Crippen MR) is 138 cm³/mol. The van der Waals surface area contributed by atoms with Crippen LogP contribution in [0.5, 0.6) is 0 Å². The van der Waals surface area contributed by atoms with Gasteiger partial charge in [0.15, 0.2) is 12.6 Å². The Bertz CT molecular complexity index is 916. The number of ether oxygens (including phenoxy) is 4. The Labute approximate surface area is 246 Å². The van der Waals surface area contributed by atoms with E-state index in [-0.39, 0.29) is 0 Å². The molecular weight excluding hydrogens is 586 g/mol. The van der Waals surface area contributed by atoms with Gasteiger partial charge in [-0.3, -0.25) is 14.4 Å². The summed E-state index contributed by atoms with van der Waals surface area (Å²) >= 11 is 0. The molecule has 0 aromatic rings. The zero-order chi connectivity index (χ0) is 32.6. The summed E-state index contributed by atoms with van der Waals surface area (Å²) in [5.74, 6) is -2.01. The first-order valence-electron chi connectivity index (χ1n) is 13.5. The molecular formula is C24H43N3O16. The van der Waals surface area contributed by atoms with E-state index in [1.165, 1.54) is 0 Å². The summed E-state index contributed by atoms with van der Waals surface area (Å²) in [6, 6.07) is -4.28. The Hall–Kier alpha value is -2.11. The number of nitrogens with one attached hydrogen (secondary N) is 3. The molecule has 250 valence electrons. The lowest BCUT2D eigenvalue weighted by atomic mass is 9.96. The average molecular weight is 630 g/mol. The lowest BCUT2D eigenvalue weighted by Gasteiger charge is -2.45. The first-order chi connectivity index (χ1) is 20.2. The van der Waals surface area contributed by atoms with Crippen molar-refractivity contribution < 1.29 is 79.3 Å². The Morgan fingerprint density at radius 3 is 1.63 bits per heavy atom. The normalized spacial score (nSPS) is 35.7. The molecule has 0 radical (unpaired) electrons. The molecule has 0 aromatic heterocycles. The van der Waals surface area contributed by atoms with E-state index in [0.717, 1.165) is 20.8 Å². The fraction of sp³-hybridized carbons (Fsp3) is 0.875. The number of aliphatic hydroxyl groups is 9. The largest absolute Gasteiger partial charge is 0.394 e. The monoisotopic (exact) mass is 629 g/mol.